The quantitative estimate of drug-likeness (QED) is 0.583. The van der Waals surface area contributed by atoms with E-state index < -0.39 is 0 Å². The summed E-state index contributed by atoms with van der Waals surface area (Å²) in [5, 5.41) is 2.91. The Hall–Kier alpha value is -3.27. The summed E-state index contributed by atoms with van der Waals surface area (Å²) in [7, 11) is 0. The van der Waals surface area contributed by atoms with Crippen molar-refractivity contribution in [3.05, 3.63) is 90.0 Å². The van der Waals surface area contributed by atoms with Crippen LogP contribution >= 0.6 is 0 Å². The molecule has 4 nitrogen and oxygen atoms in total. The Morgan fingerprint density at radius 3 is 2.30 bits per heavy atom. The number of para-hydroxylation sites is 1. The van der Waals surface area contributed by atoms with E-state index in [0.717, 1.165) is 29.1 Å². The van der Waals surface area contributed by atoms with Gasteiger partial charge in [0.2, 0.25) is 5.91 Å². The topological polar surface area (TPSA) is 64.4 Å². The number of hydrogen-bond donors (Lipinski definition) is 2. The van der Waals surface area contributed by atoms with E-state index in [1.54, 1.807) is 0 Å². The molecule has 0 heterocycles. The van der Waals surface area contributed by atoms with Crippen molar-refractivity contribution in [2.24, 2.45) is 0 Å². The Morgan fingerprint density at radius 2 is 1.56 bits per heavy atom. The molecule has 27 heavy (non-hydrogen) atoms. The summed E-state index contributed by atoms with van der Waals surface area (Å²) in [6.07, 6.45) is 1.88. The lowest BCUT2D eigenvalue weighted by atomic mass is 10.1. The highest BCUT2D eigenvalue weighted by Gasteiger charge is 2.05. The molecule has 3 aromatic rings. The van der Waals surface area contributed by atoms with Gasteiger partial charge in [-0.3, -0.25) is 4.79 Å². The molecule has 3 N–H and O–H groups in total. The number of aryl methyl sites for hydroxylation is 1. The monoisotopic (exact) mass is 360 g/mol. The highest BCUT2D eigenvalue weighted by molar-refractivity contribution is 5.90. The number of amides is 1. The molecule has 0 spiro atoms. The van der Waals surface area contributed by atoms with Crippen LogP contribution in [-0.4, -0.2) is 12.5 Å². The fourth-order valence-electron chi connectivity index (χ4n) is 2.80. The highest BCUT2D eigenvalue weighted by Crippen LogP contribution is 2.17. The molecule has 0 bridgehead atoms. The third-order valence-electron chi connectivity index (χ3n) is 4.32. The van der Waals surface area contributed by atoms with Crippen molar-refractivity contribution >= 4 is 17.3 Å². The van der Waals surface area contributed by atoms with Gasteiger partial charge in [-0.15, -0.1) is 0 Å². The molecule has 138 valence electrons. The molecule has 0 aliphatic rings. The molecule has 3 aromatic carbocycles. The van der Waals surface area contributed by atoms with Gasteiger partial charge in [-0.25, -0.2) is 0 Å². The van der Waals surface area contributed by atoms with E-state index in [4.69, 9.17) is 10.5 Å². The maximum Gasteiger partial charge on any atom is 0.224 e. The van der Waals surface area contributed by atoms with Gasteiger partial charge >= 0.3 is 0 Å². The average Bonchev–Trinajstić information content (AvgIpc) is 2.69. The molecule has 0 unspecified atom stereocenters. The summed E-state index contributed by atoms with van der Waals surface area (Å²) in [5.74, 6) is 0.761. The molecule has 0 aliphatic heterocycles. The first kappa shape index (κ1) is 18.5. The Bertz CT molecular complexity index is 861. The lowest BCUT2D eigenvalue weighted by Crippen LogP contribution is -2.12. The Balaban J connectivity index is 1.43. The number of nitrogens with two attached hydrogens (primary N) is 1. The molecular formula is C23H24N2O2. The van der Waals surface area contributed by atoms with Crippen molar-refractivity contribution in [1.29, 1.82) is 0 Å². The minimum absolute atomic E-state index is 0.0315. The zero-order chi connectivity index (χ0) is 18.9. The predicted octanol–water partition coefficient (Wildman–Crippen LogP) is 4.46. The molecule has 1 amide bonds. The summed E-state index contributed by atoms with van der Waals surface area (Å²) < 4.78 is 5.76. The van der Waals surface area contributed by atoms with Crippen molar-refractivity contribution in [3.8, 4) is 5.75 Å². The van der Waals surface area contributed by atoms with Gasteiger partial charge in [0.1, 0.15) is 5.75 Å². The fourth-order valence-corrected chi connectivity index (χ4v) is 2.80. The van der Waals surface area contributed by atoms with E-state index in [1.807, 2.05) is 66.7 Å². The van der Waals surface area contributed by atoms with Crippen molar-refractivity contribution < 1.29 is 9.53 Å². The van der Waals surface area contributed by atoms with E-state index >= 15 is 0 Å². The zero-order valence-corrected chi connectivity index (χ0v) is 15.2. The smallest absolute Gasteiger partial charge is 0.224 e. The molecule has 0 radical (unpaired) electrons. The highest BCUT2D eigenvalue weighted by atomic mass is 16.5. The summed E-state index contributed by atoms with van der Waals surface area (Å²) in [6.45, 7) is 0.619. The van der Waals surface area contributed by atoms with Crippen molar-refractivity contribution in [3.63, 3.8) is 0 Å². The van der Waals surface area contributed by atoms with E-state index in [2.05, 4.69) is 17.4 Å². The number of ether oxygens (including phenoxy) is 1. The number of carbonyl (C=O) groups excluding carboxylic acids is 1. The minimum atomic E-state index is -0.0315. The maximum atomic E-state index is 12.1. The van der Waals surface area contributed by atoms with Crippen molar-refractivity contribution in [2.45, 2.75) is 19.3 Å². The van der Waals surface area contributed by atoms with Crippen LogP contribution < -0.4 is 15.8 Å². The number of rotatable bonds is 8. The average molecular weight is 360 g/mol. The van der Waals surface area contributed by atoms with Gasteiger partial charge in [0.05, 0.1) is 6.61 Å². The standard InChI is InChI=1S/C23H24N2O2/c24-22-9-5-4-8-19(22)10-15-23(26)25-20-11-13-21(14-12-20)27-17-16-18-6-2-1-3-7-18/h1-9,11-14H,10,15-17,24H2,(H,25,26). The largest absolute Gasteiger partial charge is 0.493 e. The van der Waals surface area contributed by atoms with Gasteiger partial charge in [0.15, 0.2) is 0 Å². The SMILES string of the molecule is Nc1ccccc1CCC(=O)Nc1ccc(OCCc2ccccc2)cc1. The van der Waals surface area contributed by atoms with Gasteiger partial charge in [0.25, 0.3) is 0 Å². The number of hydrogen-bond acceptors (Lipinski definition) is 3. The van der Waals surface area contributed by atoms with Gasteiger partial charge in [-0.1, -0.05) is 48.5 Å². The number of nitrogen functional groups attached to an aromatic ring is 1. The third kappa shape index (κ3) is 5.89. The predicted molar refractivity (Wildman–Crippen MR) is 110 cm³/mol. The second-order valence-corrected chi connectivity index (χ2v) is 6.36. The van der Waals surface area contributed by atoms with Crippen LogP contribution in [-0.2, 0) is 17.6 Å². The molecule has 0 atom stereocenters. The van der Waals surface area contributed by atoms with Crippen LogP contribution in [0.3, 0.4) is 0 Å². The minimum Gasteiger partial charge on any atom is -0.493 e. The number of carbonyl (C=O) groups is 1. The van der Waals surface area contributed by atoms with Crippen LogP contribution in [0.25, 0.3) is 0 Å². The lowest BCUT2D eigenvalue weighted by molar-refractivity contribution is -0.116. The van der Waals surface area contributed by atoms with Crippen molar-refractivity contribution in [1.82, 2.24) is 0 Å². The normalized spacial score (nSPS) is 10.4. The molecule has 0 fully saturated rings. The molecule has 4 heteroatoms. The second kappa shape index (κ2) is 9.43. The van der Waals surface area contributed by atoms with E-state index in [-0.39, 0.29) is 5.91 Å². The zero-order valence-electron chi connectivity index (χ0n) is 15.2. The molecule has 0 saturated carbocycles. The number of benzene rings is 3. The van der Waals surface area contributed by atoms with Gasteiger partial charge in [-0.05, 0) is 47.9 Å². The first-order chi connectivity index (χ1) is 13.2. The number of anilines is 2. The summed E-state index contributed by atoms with van der Waals surface area (Å²) in [4.78, 5) is 12.1. The van der Waals surface area contributed by atoms with Crippen LogP contribution in [0.15, 0.2) is 78.9 Å². The third-order valence-corrected chi connectivity index (χ3v) is 4.32. The van der Waals surface area contributed by atoms with Gasteiger partial charge < -0.3 is 15.8 Å². The van der Waals surface area contributed by atoms with Crippen LogP contribution in [0.2, 0.25) is 0 Å². The van der Waals surface area contributed by atoms with Crippen molar-refractivity contribution in [2.75, 3.05) is 17.7 Å². The molecule has 3 rings (SSSR count). The van der Waals surface area contributed by atoms with Crippen LogP contribution in [0, 0.1) is 0 Å². The Labute approximate surface area is 160 Å². The van der Waals surface area contributed by atoms with E-state index in [1.165, 1.54) is 5.56 Å². The molecule has 0 aromatic heterocycles. The molecule has 0 saturated heterocycles. The first-order valence-electron chi connectivity index (χ1n) is 9.11. The van der Waals surface area contributed by atoms with Crippen LogP contribution in [0.1, 0.15) is 17.5 Å². The van der Waals surface area contributed by atoms with Gasteiger partial charge in [-0.2, -0.15) is 0 Å². The maximum absolute atomic E-state index is 12.1. The number of nitrogens with one attached hydrogen (secondary N) is 1. The first-order valence-corrected chi connectivity index (χ1v) is 9.11. The summed E-state index contributed by atoms with van der Waals surface area (Å²) >= 11 is 0. The molecular weight excluding hydrogens is 336 g/mol. The van der Waals surface area contributed by atoms with E-state index in [9.17, 15) is 4.79 Å². The van der Waals surface area contributed by atoms with Crippen LogP contribution in [0.5, 0.6) is 5.75 Å². The molecule has 0 aliphatic carbocycles. The second-order valence-electron chi connectivity index (χ2n) is 6.36. The fraction of sp³-hybridized carbons (Fsp3) is 0.174. The lowest BCUT2D eigenvalue weighted by Gasteiger charge is -2.09. The summed E-state index contributed by atoms with van der Waals surface area (Å²) in [6, 6.07) is 25.3. The van der Waals surface area contributed by atoms with E-state index in [0.29, 0.717) is 19.4 Å². The summed E-state index contributed by atoms with van der Waals surface area (Å²) in [5.41, 5.74) is 9.64. The Morgan fingerprint density at radius 1 is 0.852 bits per heavy atom. The van der Waals surface area contributed by atoms with Crippen LogP contribution in [0.4, 0.5) is 11.4 Å². The van der Waals surface area contributed by atoms with Gasteiger partial charge in [0, 0.05) is 24.2 Å². The Kier molecular flexibility index (Phi) is 6.47.